The van der Waals surface area contributed by atoms with Gasteiger partial charge in [-0.3, -0.25) is 0 Å². The Balaban J connectivity index is 3.55. The van der Waals surface area contributed by atoms with Gasteiger partial charge in [0.1, 0.15) is 0 Å². The van der Waals surface area contributed by atoms with Gasteiger partial charge in [0.15, 0.2) is 0 Å². The second kappa shape index (κ2) is 5.59. The third-order valence-electron chi connectivity index (χ3n) is 2.52. The van der Waals surface area contributed by atoms with Crippen LogP contribution in [-0.4, -0.2) is 24.5 Å². The quantitative estimate of drug-likeness (QED) is 0.593. The molecule has 0 radical (unpaired) electrons. The van der Waals surface area contributed by atoms with Crippen molar-refractivity contribution >= 4 is 0 Å². The molecule has 0 spiro atoms. The van der Waals surface area contributed by atoms with Crippen LogP contribution in [0.25, 0.3) is 0 Å². The van der Waals surface area contributed by atoms with Crippen molar-refractivity contribution < 1.29 is 0 Å². The highest BCUT2D eigenvalue weighted by atomic mass is 15.1. The maximum atomic E-state index is 2.45. The molecule has 0 fully saturated rings. The van der Waals surface area contributed by atoms with Crippen molar-refractivity contribution in [3.63, 3.8) is 0 Å². The Morgan fingerprint density at radius 1 is 1.18 bits per heavy atom. The molecule has 0 aliphatic carbocycles. The van der Waals surface area contributed by atoms with E-state index in [0.29, 0.717) is 0 Å². The molecule has 0 aromatic heterocycles. The van der Waals surface area contributed by atoms with Crippen LogP contribution >= 0.6 is 0 Å². The van der Waals surface area contributed by atoms with Crippen molar-refractivity contribution in [1.82, 2.24) is 4.90 Å². The van der Waals surface area contributed by atoms with Crippen LogP contribution in [-0.2, 0) is 0 Å². The predicted octanol–water partition coefficient (Wildman–Crippen LogP) is 2.76. The van der Waals surface area contributed by atoms with Crippen LogP contribution in [0, 0.1) is 5.92 Å². The predicted molar refractivity (Wildman–Crippen MR) is 51.8 cm³/mol. The maximum Gasteiger partial charge on any atom is 0.00868 e. The molecule has 0 rings (SSSR count). The zero-order chi connectivity index (χ0) is 8.85. The lowest BCUT2D eigenvalue weighted by Gasteiger charge is -2.27. The molecule has 1 heteroatoms. The van der Waals surface area contributed by atoms with Gasteiger partial charge in [-0.15, -0.1) is 0 Å². The maximum absolute atomic E-state index is 2.45. The number of rotatable bonds is 5. The molecule has 0 amide bonds. The Labute approximate surface area is 71.8 Å². The highest BCUT2D eigenvalue weighted by molar-refractivity contribution is 4.65. The van der Waals surface area contributed by atoms with Gasteiger partial charge in [0, 0.05) is 6.04 Å². The molecule has 0 aliphatic rings. The number of hydrogen-bond donors (Lipinski definition) is 0. The molecule has 0 bridgehead atoms. The Bertz CT molecular complexity index is 88.9. The SMILES string of the molecule is CCCCN(C)[C@H](C)C(C)C. The summed E-state index contributed by atoms with van der Waals surface area (Å²) in [6, 6.07) is 0.724. The largest absolute Gasteiger partial charge is 0.303 e. The molecule has 0 saturated carbocycles. The normalized spacial score (nSPS) is 14.5. The molecule has 0 N–H and O–H groups in total. The summed E-state index contributed by atoms with van der Waals surface area (Å²) >= 11 is 0. The van der Waals surface area contributed by atoms with Crippen molar-refractivity contribution in [2.75, 3.05) is 13.6 Å². The summed E-state index contributed by atoms with van der Waals surface area (Å²) in [7, 11) is 2.22. The third-order valence-corrected chi connectivity index (χ3v) is 2.52. The molecule has 0 heterocycles. The van der Waals surface area contributed by atoms with Crippen molar-refractivity contribution in [2.45, 2.75) is 46.6 Å². The van der Waals surface area contributed by atoms with Gasteiger partial charge in [-0.05, 0) is 32.9 Å². The molecule has 0 aliphatic heterocycles. The van der Waals surface area contributed by atoms with E-state index in [4.69, 9.17) is 0 Å². The molecule has 0 saturated heterocycles. The average molecular weight is 157 g/mol. The standard InChI is InChI=1S/C10H23N/c1-6-7-8-11(5)10(4)9(2)3/h9-10H,6-8H2,1-5H3/t10-/m1/s1. The lowest BCUT2D eigenvalue weighted by atomic mass is 10.1. The van der Waals surface area contributed by atoms with Gasteiger partial charge in [-0.25, -0.2) is 0 Å². The Kier molecular flexibility index (Phi) is 5.57. The molecule has 0 aromatic rings. The Hall–Kier alpha value is -0.0400. The van der Waals surface area contributed by atoms with E-state index < -0.39 is 0 Å². The highest BCUT2D eigenvalue weighted by Crippen LogP contribution is 2.08. The smallest absolute Gasteiger partial charge is 0.00868 e. The fraction of sp³-hybridized carbons (Fsp3) is 1.00. The number of unbranched alkanes of at least 4 members (excludes halogenated alkanes) is 1. The summed E-state index contributed by atoms with van der Waals surface area (Å²) in [5.74, 6) is 0.775. The lowest BCUT2D eigenvalue weighted by molar-refractivity contribution is 0.205. The van der Waals surface area contributed by atoms with Crippen molar-refractivity contribution in [3.05, 3.63) is 0 Å². The van der Waals surface area contributed by atoms with E-state index in [9.17, 15) is 0 Å². The zero-order valence-electron chi connectivity index (χ0n) is 8.72. The average Bonchev–Trinajstić information content (AvgIpc) is 1.98. The first-order valence-corrected chi connectivity index (χ1v) is 4.79. The van der Waals surface area contributed by atoms with E-state index in [1.165, 1.54) is 19.4 Å². The van der Waals surface area contributed by atoms with Crippen LogP contribution in [0.1, 0.15) is 40.5 Å². The van der Waals surface area contributed by atoms with Crippen LogP contribution < -0.4 is 0 Å². The fourth-order valence-electron chi connectivity index (χ4n) is 1.12. The summed E-state index contributed by atoms with van der Waals surface area (Å²) in [4.78, 5) is 2.45. The van der Waals surface area contributed by atoms with Crippen LogP contribution in [0.4, 0.5) is 0 Å². The summed E-state index contributed by atoms with van der Waals surface area (Å²) < 4.78 is 0. The molecule has 11 heavy (non-hydrogen) atoms. The first-order valence-electron chi connectivity index (χ1n) is 4.79. The summed E-state index contributed by atoms with van der Waals surface area (Å²) in [5, 5.41) is 0. The van der Waals surface area contributed by atoms with Gasteiger partial charge in [0.25, 0.3) is 0 Å². The molecular weight excluding hydrogens is 134 g/mol. The van der Waals surface area contributed by atoms with Gasteiger partial charge in [0.05, 0.1) is 0 Å². The molecule has 68 valence electrons. The Morgan fingerprint density at radius 3 is 2.09 bits per heavy atom. The van der Waals surface area contributed by atoms with Crippen LogP contribution in [0.15, 0.2) is 0 Å². The first-order chi connectivity index (χ1) is 5.09. The Morgan fingerprint density at radius 2 is 1.73 bits per heavy atom. The second-order valence-corrected chi connectivity index (χ2v) is 3.82. The lowest BCUT2D eigenvalue weighted by Crippen LogP contribution is -2.33. The van der Waals surface area contributed by atoms with Gasteiger partial charge in [0.2, 0.25) is 0 Å². The van der Waals surface area contributed by atoms with Crippen LogP contribution in [0.5, 0.6) is 0 Å². The number of nitrogens with zero attached hydrogens (tertiary/aromatic N) is 1. The summed E-state index contributed by atoms with van der Waals surface area (Å²) in [6.45, 7) is 10.4. The molecular formula is C10H23N. The van der Waals surface area contributed by atoms with E-state index >= 15 is 0 Å². The number of hydrogen-bond acceptors (Lipinski definition) is 1. The molecule has 0 unspecified atom stereocenters. The van der Waals surface area contributed by atoms with E-state index in [0.717, 1.165) is 12.0 Å². The van der Waals surface area contributed by atoms with Crippen LogP contribution in [0.2, 0.25) is 0 Å². The van der Waals surface area contributed by atoms with E-state index in [2.05, 4.69) is 39.6 Å². The minimum absolute atomic E-state index is 0.724. The van der Waals surface area contributed by atoms with E-state index in [1.54, 1.807) is 0 Å². The van der Waals surface area contributed by atoms with E-state index in [-0.39, 0.29) is 0 Å². The van der Waals surface area contributed by atoms with Gasteiger partial charge in [-0.2, -0.15) is 0 Å². The molecule has 1 atom stereocenters. The topological polar surface area (TPSA) is 3.24 Å². The summed E-state index contributed by atoms with van der Waals surface area (Å²) in [5.41, 5.74) is 0. The molecule has 0 aromatic carbocycles. The minimum Gasteiger partial charge on any atom is -0.303 e. The van der Waals surface area contributed by atoms with Gasteiger partial charge < -0.3 is 4.90 Å². The second-order valence-electron chi connectivity index (χ2n) is 3.82. The zero-order valence-corrected chi connectivity index (χ0v) is 8.72. The first kappa shape index (κ1) is 11.0. The van der Waals surface area contributed by atoms with Crippen LogP contribution in [0.3, 0.4) is 0 Å². The van der Waals surface area contributed by atoms with Crippen molar-refractivity contribution in [2.24, 2.45) is 5.92 Å². The third kappa shape index (κ3) is 4.41. The van der Waals surface area contributed by atoms with Gasteiger partial charge >= 0.3 is 0 Å². The minimum atomic E-state index is 0.724. The monoisotopic (exact) mass is 157 g/mol. The van der Waals surface area contributed by atoms with E-state index in [1.807, 2.05) is 0 Å². The molecule has 1 nitrogen and oxygen atoms in total. The van der Waals surface area contributed by atoms with Crippen molar-refractivity contribution in [1.29, 1.82) is 0 Å². The summed E-state index contributed by atoms with van der Waals surface area (Å²) in [6.07, 6.45) is 2.63. The van der Waals surface area contributed by atoms with Gasteiger partial charge in [-0.1, -0.05) is 27.2 Å². The van der Waals surface area contributed by atoms with Crippen molar-refractivity contribution in [3.8, 4) is 0 Å². The fourth-order valence-corrected chi connectivity index (χ4v) is 1.12. The highest BCUT2D eigenvalue weighted by Gasteiger charge is 2.11.